The van der Waals surface area contributed by atoms with E-state index in [0.29, 0.717) is 13.2 Å². The highest BCUT2D eigenvalue weighted by Gasteiger charge is 1.94. The van der Waals surface area contributed by atoms with Gasteiger partial charge >= 0.3 is 0 Å². The van der Waals surface area contributed by atoms with Crippen molar-refractivity contribution in [3.63, 3.8) is 0 Å². The molecule has 0 aliphatic rings. The first-order chi connectivity index (χ1) is 5.31. The van der Waals surface area contributed by atoms with Gasteiger partial charge < -0.3 is 9.64 Å². The first kappa shape index (κ1) is 10.2. The van der Waals surface area contributed by atoms with Crippen molar-refractivity contribution in [2.24, 2.45) is 5.11 Å². The first-order valence-electron chi connectivity index (χ1n) is 3.49. The predicted molar refractivity (Wildman–Crippen MR) is 43.4 cm³/mol. The lowest BCUT2D eigenvalue weighted by atomic mass is 10.5. The molecule has 0 aliphatic heterocycles. The van der Waals surface area contributed by atoms with Gasteiger partial charge in [-0.1, -0.05) is 5.11 Å². The Morgan fingerprint density at radius 3 is 2.82 bits per heavy atom. The molecule has 0 saturated heterocycles. The maximum Gasteiger partial charge on any atom is 0.0589 e. The van der Waals surface area contributed by atoms with Crippen LogP contribution < -0.4 is 0 Å². The van der Waals surface area contributed by atoms with E-state index in [1.165, 1.54) is 0 Å². The van der Waals surface area contributed by atoms with Gasteiger partial charge in [0.1, 0.15) is 0 Å². The molecule has 0 spiro atoms. The van der Waals surface area contributed by atoms with Crippen molar-refractivity contribution in [3.05, 3.63) is 10.4 Å². The summed E-state index contributed by atoms with van der Waals surface area (Å²) in [4.78, 5) is 4.71. The van der Waals surface area contributed by atoms with E-state index in [1.54, 1.807) is 7.11 Å². The average molecular weight is 158 g/mol. The van der Waals surface area contributed by atoms with Crippen molar-refractivity contribution >= 4 is 0 Å². The van der Waals surface area contributed by atoms with Crippen LogP contribution in [0.4, 0.5) is 0 Å². The molecule has 0 fully saturated rings. The molecule has 0 N–H and O–H groups in total. The largest absolute Gasteiger partial charge is 0.383 e. The van der Waals surface area contributed by atoms with Crippen LogP contribution in [0.1, 0.15) is 0 Å². The van der Waals surface area contributed by atoms with Crippen molar-refractivity contribution in [2.75, 3.05) is 40.4 Å². The normalized spacial score (nSPS) is 9.73. The smallest absolute Gasteiger partial charge is 0.0589 e. The molecule has 0 aliphatic carbocycles. The van der Waals surface area contributed by atoms with Crippen LogP contribution in [0.25, 0.3) is 10.4 Å². The summed E-state index contributed by atoms with van der Waals surface area (Å²) in [6.07, 6.45) is 0. The number of methoxy groups -OCH3 is 1. The summed E-state index contributed by atoms with van der Waals surface area (Å²) in [7, 11) is 3.63. The molecule has 0 aromatic rings. The lowest BCUT2D eigenvalue weighted by Gasteiger charge is -2.13. The molecule has 0 aromatic carbocycles. The number of azide groups is 1. The number of nitrogens with zero attached hydrogens (tertiary/aromatic N) is 4. The van der Waals surface area contributed by atoms with Gasteiger partial charge in [-0.05, 0) is 12.6 Å². The number of likely N-dealkylation sites (N-methyl/N-ethyl adjacent to an activating group) is 1. The molecule has 11 heavy (non-hydrogen) atoms. The highest BCUT2D eigenvalue weighted by Crippen LogP contribution is 1.82. The zero-order valence-electron chi connectivity index (χ0n) is 7.03. The van der Waals surface area contributed by atoms with Gasteiger partial charge in [-0.3, -0.25) is 0 Å². The molecule has 0 atom stereocenters. The molecule has 0 heterocycles. The fraction of sp³-hybridized carbons (Fsp3) is 1.00. The van der Waals surface area contributed by atoms with Crippen molar-refractivity contribution in [1.82, 2.24) is 4.90 Å². The van der Waals surface area contributed by atoms with Gasteiger partial charge in [-0.2, -0.15) is 0 Å². The van der Waals surface area contributed by atoms with Crippen molar-refractivity contribution in [3.8, 4) is 0 Å². The minimum atomic E-state index is 0.525. The summed E-state index contributed by atoms with van der Waals surface area (Å²) < 4.78 is 4.87. The molecule has 0 bridgehead atoms. The standard InChI is InChI=1S/C6H14N4O/c1-10(5-6-11-2)4-3-8-9-7/h3-6H2,1-2H3. The van der Waals surface area contributed by atoms with Gasteiger partial charge in [0, 0.05) is 31.7 Å². The Kier molecular flexibility index (Phi) is 6.82. The monoisotopic (exact) mass is 158 g/mol. The Balaban J connectivity index is 3.21. The maximum atomic E-state index is 7.97. The third-order valence-corrected chi connectivity index (χ3v) is 1.32. The molecule has 0 radical (unpaired) electrons. The summed E-state index contributed by atoms with van der Waals surface area (Å²) in [6, 6.07) is 0. The van der Waals surface area contributed by atoms with E-state index in [4.69, 9.17) is 10.3 Å². The lowest BCUT2D eigenvalue weighted by Crippen LogP contribution is -2.25. The van der Waals surface area contributed by atoms with E-state index in [1.807, 2.05) is 7.05 Å². The van der Waals surface area contributed by atoms with Crippen LogP contribution in [0, 0.1) is 0 Å². The van der Waals surface area contributed by atoms with Crippen molar-refractivity contribution in [2.45, 2.75) is 0 Å². The molecular formula is C6H14N4O. The maximum absolute atomic E-state index is 7.97. The highest BCUT2D eigenvalue weighted by molar-refractivity contribution is 4.53. The van der Waals surface area contributed by atoms with Crippen LogP contribution in [0.15, 0.2) is 5.11 Å². The fourth-order valence-corrected chi connectivity index (χ4v) is 0.619. The Morgan fingerprint density at radius 2 is 2.27 bits per heavy atom. The van der Waals surface area contributed by atoms with Crippen LogP contribution in [0.3, 0.4) is 0 Å². The summed E-state index contributed by atoms with van der Waals surface area (Å²) >= 11 is 0. The first-order valence-corrected chi connectivity index (χ1v) is 3.49. The Bertz CT molecular complexity index is 133. The topological polar surface area (TPSA) is 61.2 Å². The molecule has 5 nitrogen and oxygen atoms in total. The number of ether oxygens (including phenoxy) is 1. The quantitative estimate of drug-likeness (QED) is 0.327. The van der Waals surface area contributed by atoms with E-state index in [0.717, 1.165) is 13.1 Å². The average Bonchev–Trinajstić information content (AvgIpc) is 2.01. The zero-order chi connectivity index (χ0) is 8.53. The van der Waals surface area contributed by atoms with Gasteiger partial charge in [0.05, 0.1) is 6.61 Å². The molecule has 0 rings (SSSR count). The Labute approximate surface area is 66.6 Å². The Morgan fingerprint density at radius 1 is 1.55 bits per heavy atom. The van der Waals surface area contributed by atoms with E-state index in [2.05, 4.69) is 14.9 Å². The van der Waals surface area contributed by atoms with Crippen LogP contribution >= 0.6 is 0 Å². The van der Waals surface area contributed by atoms with Crippen molar-refractivity contribution in [1.29, 1.82) is 0 Å². The van der Waals surface area contributed by atoms with Gasteiger partial charge in [0.2, 0.25) is 0 Å². The lowest BCUT2D eigenvalue weighted by molar-refractivity contribution is 0.163. The van der Waals surface area contributed by atoms with E-state index < -0.39 is 0 Å². The minimum absolute atomic E-state index is 0.525. The SMILES string of the molecule is COCCN(C)CCN=[N+]=[N-]. The van der Waals surface area contributed by atoms with E-state index in [-0.39, 0.29) is 0 Å². The zero-order valence-corrected chi connectivity index (χ0v) is 7.03. The Hall–Kier alpha value is -0.770. The van der Waals surface area contributed by atoms with Gasteiger partial charge in [0.15, 0.2) is 0 Å². The van der Waals surface area contributed by atoms with Crippen LogP contribution in [0.5, 0.6) is 0 Å². The second-order valence-corrected chi connectivity index (χ2v) is 2.25. The molecule has 0 unspecified atom stereocenters. The summed E-state index contributed by atoms with van der Waals surface area (Å²) in [5, 5.41) is 3.42. The number of hydrogen-bond donors (Lipinski definition) is 0. The molecule has 0 saturated carbocycles. The summed E-state index contributed by atoms with van der Waals surface area (Å²) in [5.74, 6) is 0. The molecule has 64 valence electrons. The summed E-state index contributed by atoms with van der Waals surface area (Å²) in [6.45, 7) is 2.90. The number of rotatable bonds is 6. The molecule has 0 aromatic heterocycles. The molecular weight excluding hydrogens is 144 g/mol. The predicted octanol–water partition coefficient (Wildman–Crippen LogP) is 0.875. The second kappa shape index (κ2) is 7.34. The van der Waals surface area contributed by atoms with Crippen molar-refractivity contribution < 1.29 is 4.74 Å². The van der Waals surface area contributed by atoms with Crippen LogP contribution in [0.2, 0.25) is 0 Å². The van der Waals surface area contributed by atoms with Crippen LogP contribution in [-0.2, 0) is 4.74 Å². The highest BCUT2D eigenvalue weighted by atomic mass is 16.5. The van der Waals surface area contributed by atoms with E-state index >= 15 is 0 Å². The third-order valence-electron chi connectivity index (χ3n) is 1.32. The third kappa shape index (κ3) is 7.12. The summed E-state index contributed by atoms with van der Waals surface area (Å²) in [5.41, 5.74) is 7.97. The number of hydrogen-bond acceptors (Lipinski definition) is 3. The van der Waals surface area contributed by atoms with E-state index in [9.17, 15) is 0 Å². The second-order valence-electron chi connectivity index (χ2n) is 2.25. The van der Waals surface area contributed by atoms with Crippen LogP contribution in [-0.4, -0.2) is 45.3 Å². The van der Waals surface area contributed by atoms with Gasteiger partial charge in [-0.25, -0.2) is 0 Å². The fourth-order valence-electron chi connectivity index (χ4n) is 0.619. The van der Waals surface area contributed by atoms with Gasteiger partial charge in [-0.15, -0.1) is 0 Å². The minimum Gasteiger partial charge on any atom is -0.383 e. The molecule has 0 amide bonds. The van der Waals surface area contributed by atoms with Gasteiger partial charge in [0.25, 0.3) is 0 Å². The molecule has 5 heteroatoms.